The number of hydrogen-bond donors (Lipinski definition) is 7. The zero-order valence-electron chi connectivity index (χ0n) is 13.5. The topological polar surface area (TPSA) is 174 Å². The van der Waals surface area contributed by atoms with Gasteiger partial charge < -0.3 is 38.1 Å². The van der Waals surface area contributed by atoms with Gasteiger partial charge in [-0.1, -0.05) is 0 Å². The standard InChI is InChI=1S/C6H12O6.C4H7N3O.Ca.2H/c7-1-3(9)5(11)6(12)4(10)2-8;1-7-2-3(8)6-4(7)5;;;/h1,3-6,8-12H,2H2;2H2,1H3,(H2,5,6,8);;;/q;;+2;2*-1/t3-,4+,5+,6+;;;;/m0..../s1. The number of likely N-dealkylation sites (N-methyl/N-ethyl adjacent to an activating group) is 1. The second-order valence-electron chi connectivity index (χ2n) is 4.11. The summed E-state index contributed by atoms with van der Waals surface area (Å²) in [6.07, 6.45) is -6.84. The van der Waals surface area contributed by atoms with E-state index >= 15 is 0 Å². The van der Waals surface area contributed by atoms with E-state index in [4.69, 9.17) is 30.9 Å². The van der Waals surface area contributed by atoms with Crippen LogP contribution in [0.15, 0.2) is 0 Å². The summed E-state index contributed by atoms with van der Waals surface area (Å²) in [5.41, 5.74) is 0. The van der Waals surface area contributed by atoms with Crippen molar-refractivity contribution in [3.05, 3.63) is 0 Å². The van der Waals surface area contributed by atoms with Crippen LogP contribution in [0.3, 0.4) is 0 Å². The zero-order valence-corrected chi connectivity index (χ0v) is 13.7. The number of amides is 1. The van der Waals surface area contributed by atoms with E-state index in [0.29, 0.717) is 6.54 Å². The van der Waals surface area contributed by atoms with Crippen LogP contribution >= 0.6 is 0 Å². The monoisotopic (exact) mass is 335 g/mol. The fourth-order valence-corrected chi connectivity index (χ4v) is 1.18. The molecule has 1 rings (SSSR count). The molecule has 10 nitrogen and oxygen atoms in total. The number of hydrogen-bond acceptors (Lipinski definition) is 8. The van der Waals surface area contributed by atoms with Gasteiger partial charge in [0.2, 0.25) is 5.91 Å². The fourth-order valence-electron chi connectivity index (χ4n) is 1.18. The van der Waals surface area contributed by atoms with Crippen molar-refractivity contribution in [2.75, 3.05) is 20.2 Å². The van der Waals surface area contributed by atoms with Crippen LogP contribution in [-0.2, 0) is 9.59 Å². The number of carbonyl (C=O) groups excluding carboxylic acids is 2. The van der Waals surface area contributed by atoms with Gasteiger partial charge in [-0.3, -0.25) is 15.5 Å². The largest absolute Gasteiger partial charge is 2.00 e. The van der Waals surface area contributed by atoms with E-state index in [1.807, 2.05) is 0 Å². The van der Waals surface area contributed by atoms with E-state index in [9.17, 15) is 9.59 Å². The third-order valence-corrected chi connectivity index (χ3v) is 2.44. The van der Waals surface area contributed by atoms with Gasteiger partial charge in [-0.25, -0.2) is 0 Å². The van der Waals surface area contributed by atoms with Crippen LogP contribution in [0.25, 0.3) is 0 Å². The van der Waals surface area contributed by atoms with Crippen LogP contribution in [0.1, 0.15) is 2.85 Å². The van der Waals surface area contributed by atoms with Crippen molar-refractivity contribution >= 4 is 55.9 Å². The average Bonchev–Trinajstić information content (AvgIpc) is 2.72. The number of rotatable bonds is 5. The van der Waals surface area contributed by atoms with Crippen molar-refractivity contribution in [3.63, 3.8) is 0 Å². The Bertz CT molecular complexity index is 367. The number of nitrogens with zero attached hydrogens (tertiary/aromatic N) is 1. The van der Waals surface area contributed by atoms with Gasteiger partial charge in [0.25, 0.3) is 0 Å². The fraction of sp³-hybridized carbons (Fsp3) is 0.700. The molecule has 0 aliphatic carbocycles. The molecular formula is C10H21CaN3O7. The molecular weight excluding hydrogens is 314 g/mol. The number of carbonyl (C=O) groups is 2. The van der Waals surface area contributed by atoms with E-state index in [1.165, 1.54) is 0 Å². The summed E-state index contributed by atoms with van der Waals surface area (Å²) < 4.78 is 0. The average molecular weight is 335 g/mol. The number of aldehydes is 1. The normalized spacial score (nSPS) is 19.4. The summed E-state index contributed by atoms with van der Waals surface area (Å²) in [5, 5.41) is 52.9. The number of aliphatic hydroxyl groups excluding tert-OH is 5. The molecule has 0 aromatic rings. The van der Waals surface area contributed by atoms with Gasteiger partial charge in [0, 0.05) is 7.05 Å². The Morgan fingerprint density at radius 3 is 2.14 bits per heavy atom. The van der Waals surface area contributed by atoms with E-state index in [2.05, 4.69) is 5.32 Å². The van der Waals surface area contributed by atoms with Gasteiger partial charge in [-0.15, -0.1) is 0 Å². The molecule has 0 spiro atoms. The molecule has 1 saturated heterocycles. The van der Waals surface area contributed by atoms with E-state index < -0.39 is 31.0 Å². The second kappa shape index (κ2) is 11.3. The van der Waals surface area contributed by atoms with Crippen molar-refractivity contribution in [2.24, 2.45) is 0 Å². The Morgan fingerprint density at radius 2 is 1.90 bits per heavy atom. The summed E-state index contributed by atoms with van der Waals surface area (Å²) in [5.74, 6) is 0.0903. The van der Waals surface area contributed by atoms with Crippen molar-refractivity contribution in [3.8, 4) is 0 Å². The molecule has 0 unspecified atom stereocenters. The molecule has 7 N–H and O–H groups in total. The SMILES string of the molecule is CN1CC(=O)NC1=N.O=C[C@H](O)[C@@H](O)[C@H](O)[C@H](O)CO.[Ca+2].[H-].[H-]. The molecule has 0 aromatic carbocycles. The Labute approximate surface area is 153 Å². The quantitative estimate of drug-likeness (QED) is 0.194. The molecule has 1 heterocycles. The number of aliphatic hydroxyl groups is 5. The third-order valence-electron chi connectivity index (χ3n) is 2.44. The van der Waals surface area contributed by atoms with Crippen LogP contribution < -0.4 is 5.32 Å². The zero-order chi connectivity index (χ0) is 15.9. The van der Waals surface area contributed by atoms with Crippen LogP contribution in [-0.4, -0.2) is 131 Å². The molecule has 1 fully saturated rings. The smallest absolute Gasteiger partial charge is 1.00 e. The van der Waals surface area contributed by atoms with Crippen LogP contribution in [0.5, 0.6) is 0 Å². The van der Waals surface area contributed by atoms with E-state index in [0.717, 1.165) is 0 Å². The van der Waals surface area contributed by atoms with Gasteiger partial charge in [0.15, 0.2) is 12.2 Å². The molecule has 0 saturated carbocycles. The number of nitrogens with one attached hydrogen (secondary N) is 2. The summed E-state index contributed by atoms with van der Waals surface area (Å²) in [4.78, 5) is 21.8. The predicted octanol–water partition coefficient (Wildman–Crippen LogP) is -4.55. The molecule has 0 radical (unpaired) electrons. The Kier molecular flexibility index (Phi) is 12.3. The van der Waals surface area contributed by atoms with Gasteiger partial charge in [-0.05, 0) is 0 Å². The van der Waals surface area contributed by atoms with Crippen molar-refractivity contribution in [1.82, 2.24) is 10.2 Å². The van der Waals surface area contributed by atoms with Gasteiger partial charge in [-0.2, -0.15) is 0 Å². The van der Waals surface area contributed by atoms with Crippen LogP contribution in [0.2, 0.25) is 0 Å². The predicted molar refractivity (Wildman–Crippen MR) is 73.7 cm³/mol. The maximum atomic E-state index is 10.4. The van der Waals surface area contributed by atoms with E-state index in [1.54, 1.807) is 11.9 Å². The molecule has 1 aliphatic heterocycles. The molecule has 11 heteroatoms. The minimum atomic E-state index is -1.79. The Morgan fingerprint density at radius 1 is 1.38 bits per heavy atom. The first-order valence-corrected chi connectivity index (χ1v) is 5.62. The Balaban J connectivity index is -0.000000146. The summed E-state index contributed by atoms with van der Waals surface area (Å²) >= 11 is 0. The molecule has 21 heavy (non-hydrogen) atoms. The molecule has 1 amide bonds. The van der Waals surface area contributed by atoms with E-state index in [-0.39, 0.29) is 58.7 Å². The third kappa shape index (κ3) is 8.02. The number of guanidine groups is 1. The van der Waals surface area contributed by atoms with Gasteiger partial charge in [0.1, 0.15) is 24.4 Å². The minimum Gasteiger partial charge on any atom is -1.00 e. The maximum absolute atomic E-state index is 10.4. The molecule has 4 atom stereocenters. The minimum absolute atomic E-state index is 0. The summed E-state index contributed by atoms with van der Waals surface area (Å²) in [6.45, 7) is -0.442. The van der Waals surface area contributed by atoms with Gasteiger partial charge >= 0.3 is 37.7 Å². The maximum Gasteiger partial charge on any atom is 2.00 e. The van der Waals surface area contributed by atoms with Crippen LogP contribution in [0.4, 0.5) is 0 Å². The second-order valence-corrected chi connectivity index (χ2v) is 4.11. The van der Waals surface area contributed by atoms with Crippen molar-refractivity contribution in [1.29, 1.82) is 5.41 Å². The first-order chi connectivity index (χ1) is 9.24. The van der Waals surface area contributed by atoms with Crippen LogP contribution in [0, 0.1) is 5.41 Å². The molecule has 1 aliphatic rings. The molecule has 120 valence electrons. The van der Waals surface area contributed by atoms with Gasteiger partial charge in [0.05, 0.1) is 13.2 Å². The summed E-state index contributed by atoms with van der Waals surface area (Å²) in [6, 6.07) is 0. The molecule has 0 aromatic heterocycles. The van der Waals surface area contributed by atoms with Crippen molar-refractivity contribution in [2.45, 2.75) is 24.4 Å². The van der Waals surface area contributed by atoms with Crippen molar-refractivity contribution < 1.29 is 38.0 Å². The first kappa shape index (κ1) is 22.9. The summed E-state index contributed by atoms with van der Waals surface area (Å²) in [7, 11) is 1.69. The first-order valence-electron chi connectivity index (χ1n) is 5.62. The molecule has 0 bridgehead atoms. The Hall–Kier alpha value is -0.330.